The lowest BCUT2D eigenvalue weighted by Gasteiger charge is -2.16. The number of ether oxygens (including phenoxy) is 1. The van der Waals surface area contributed by atoms with Crippen LogP contribution in [0.25, 0.3) is 0 Å². The Morgan fingerprint density at radius 1 is 1.32 bits per heavy atom. The normalized spacial score (nSPS) is 14.2. The minimum Gasteiger partial charge on any atom is -0.378 e. The Morgan fingerprint density at radius 2 is 2.05 bits per heavy atom. The van der Waals surface area contributed by atoms with Crippen LogP contribution in [0.3, 0.4) is 0 Å². The number of alkyl halides is 1. The van der Waals surface area contributed by atoms with Crippen molar-refractivity contribution >= 4 is 44.9 Å². The summed E-state index contributed by atoms with van der Waals surface area (Å²) in [6.45, 7) is 0.789. The number of rotatable bonds is 5. The molecule has 2 rings (SSSR count). The molecule has 4 nitrogen and oxygen atoms in total. The molecule has 0 saturated heterocycles. The fourth-order valence-electron chi connectivity index (χ4n) is 1.82. The van der Waals surface area contributed by atoms with Gasteiger partial charge in [-0.15, -0.1) is 11.6 Å². The maximum Gasteiger partial charge on any atom is 0.299 e. The fraction of sp³-hybridized carbons (Fsp3) is 0.333. The van der Waals surface area contributed by atoms with Gasteiger partial charge in [-0.05, 0) is 28.1 Å². The first-order valence-electron chi connectivity index (χ1n) is 5.55. The van der Waals surface area contributed by atoms with Gasteiger partial charge in [-0.3, -0.25) is 9.59 Å². The molecule has 102 valence electrons. The van der Waals surface area contributed by atoms with E-state index in [1.807, 2.05) is 0 Å². The van der Waals surface area contributed by atoms with Gasteiger partial charge in [0.1, 0.15) is 5.82 Å². The number of halogens is 3. The topological polar surface area (TPSA) is 46.6 Å². The molecular weight excluding hydrogens is 340 g/mol. The third-order valence-electron chi connectivity index (χ3n) is 2.69. The van der Waals surface area contributed by atoms with Crippen molar-refractivity contribution in [3.05, 3.63) is 28.0 Å². The van der Waals surface area contributed by atoms with E-state index >= 15 is 0 Å². The van der Waals surface area contributed by atoms with Crippen LogP contribution in [-0.2, 0) is 9.53 Å². The van der Waals surface area contributed by atoms with Gasteiger partial charge >= 0.3 is 0 Å². The number of carbonyl (C=O) groups excluding carboxylic acids is 2. The third kappa shape index (κ3) is 2.80. The first-order chi connectivity index (χ1) is 9.06. The van der Waals surface area contributed by atoms with E-state index < -0.39 is 17.5 Å². The minimum absolute atomic E-state index is 0.160. The van der Waals surface area contributed by atoms with Crippen molar-refractivity contribution in [3.8, 4) is 0 Å². The van der Waals surface area contributed by atoms with Crippen LogP contribution in [0.1, 0.15) is 10.4 Å². The first kappa shape index (κ1) is 14.4. The molecule has 0 aliphatic carbocycles. The first-order valence-corrected chi connectivity index (χ1v) is 6.88. The van der Waals surface area contributed by atoms with Crippen LogP contribution in [0.5, 0.6) is 0 Å². The Labute approximate surface area is 122 Å². The largest absolute Gasteiger partial charge is 0.378 e. The number of nitrogens with zero attached hydrogens (tertiary/aromatic N) is 1. The zero-order valence-corrected chi connectivity index (χ0v) is 12.1. The van der Waals surface area contributed by atoms with Crippen molar-refractivity contribution in [2.45, 2.75) is 0 Å². The predicted octanol–water partition coefficient (Wildman–Crippen LogP) is 2.37. The average Bonchev–Trinajstić information content (AvgIpc) is 2.60. The highest BCUT2D eigenvalue weighted by Crippen LogP contribution is 2.32. The van der Waals surface area contributed by atoms with Crippen molar-refractivity contribution in [1.82, 2.24) is 0 Å². The van der Waals surface area contributed by atoms with E-state index in [9.17, 15) is 14.0 Å². The molecule has 1 heterocycles. The summed E-state index contributed by atoms with van der Waals surface area (Å²) in [6, 6.07) is 2.49. The molecule has 0 spiro atoms. The third-order valence-corrected chi connectivity index (χ3v) is 3.46. The van der Waals surface area contributed by atoms with Gasteiger partial charge in [0.25, 0.3) is 11.7 Å². The van der Waals surface area contributed by atoms with E-state index in [-0.39, 0.29) is 28.9 Å². The molecule has 0 unspecified atom stereocenters. The standard InChI is InChI=1S/C12H10BrClFNO3/c13-8-5-7-10(6-9(8)15)16(12(18)11(7)17)2-4-19-3-1-14/h5-6H,1-4H2. The lowest BCUT2D eigenvalue weighted by atomic mass is 10.1. The number of benzene rings is 1. The second-order valence-electron chi connectivity index (χ2n) is 3.87. The molecule has 0 radical (unpaired) electrons. The van der Waals surface area contributed by atoms with E-state index in [2.05, 4.69) is 15.9 Å². The Kier molecular flexibility index (Phi) is 4.54. The molecule has 0 aromatic heterocycles. The summed E-state index contributed by atoms with van der Waals surface area (Å²) in [5.41, 5.74) is 0.487. The molecule has 0 saturated carbocycles. The Balaban J connectivity index is 2.21. The summed E-state index contributed by atoms with van der Waals surface area (Å²) in [5, 5.41) is 0. The fourth-order valence-corrected chi connectivity index (χ4v) is 2.28. The van der Waals surface area contributed by atoms with Gasteiger partial charge in [0.15, 0.2) is 0 Å². The van der Waals surface area contributed by atoms with Gasteiger partial charge < -0.3 is 9.64 Å². The molecule has 1 aromatic carbocycles. The molecular formula is C12H10BrClFNO3. The second kappa shape index (κ2) is 5.98. The minimum atomic E-state index is -0.665. The summed E-state index contributed by atoms with van der Waals surface area (Å²) >= 11 is 8.45. The maximum atomic E-state index is 13.5. The summed E-state index contributed by atoms with van der Waals surface area (Å²) in [6.07, 6.45) is 0. The Hall–Kier alpha value is -0.980. The number of anilines is 1. The van der Waals surface area contributed by atoms with Crippen LogP contribution in [0.2, 0.25) is 0 Å². The monoisotopic (exact) mass is 349 g/mol. The van der Waals surface area contributed by atoms with Gasteiger partial charge in [-0.1, -0.05) is 0 Å². The van der Waals surface area contributed by atoms with E-state index in [4.69, 9.17) is 16.3 Å². The molecule has 1 amide bonds. The number of carbonyl (C=O) groups is 2. The van der Waals surface area contributed by atoms with Gasteiger partial charge in [0.2, 0.25) is 0 Å². The lowest BCUT2D eigenvalue weighted by molar-refractivity contribution is -0.114. The molecule has 1 aromatic rings. The van der Waals surface area contributed by atoms with E-state index in [0.29, 0.717) is 12.5 Å². The lowest BCUT2D eigenvalue weighted by Crippen LogP contribution is -2.33. The zero-order chi connectivity index (χ0) is 14.0. The molecule has 0 N–H and O–H groups in total. The van der Waals surface area contributed by atoms with Crippen LogP contribution in [-0.4, -0.2) is 37.3 Å². The molecule has 19 heavy (non-hydrogen) atoms. The zero-order valence-electron chi connectivity index (χ0n) is 9.79. The SMILES string of the molecule is O=C1C(=O)N(CCOCCCl)c2cc(F)c(Br)cc21. The van der Waals surface area contributed by atoms with Crippen LogP contribution in [0.15, 0.2) is 16.6 Å². The molecule has 7 heteroatoms. The highest BCUT2D eigenvalue weighted by atomic mass is 79.9. The van der Waals surface area contributed by atoms with Gasteiger partial charge in [0, 0.05) is 12.4 Å². The number of hydrogen-bond donors (Lipinski definition) is 0. The summed E-state index contributed by atoms with van der Waals surface area (Å²) in [4.78, 5) is 24.8. The smallest absolute Gasteiger partial charge is 0.299 e. The van der Waals surface area contributed by atoms with E-state index in [0.717, 1.165) is 0 Å². The highest BCUT2D eigenvalue weighted by molar-refractivity contribution is 9.10. The summed E-state index contributed by atoms with van der Waals surface area (Å²) in [7, 11) is 0. The van der Waals surface area contributed by atoms with Crippen LogP contribution < -0.4 is 4.90 Å². The number of amides is 1. The van der Waals surface area contributed by atoms with Crippen LogP contribution in [0, 0.1) is 5.82 Å². The van der Waals surface area contributed by atoms with Gasteiger partial charge in [-0.25, -0.2) is 4.39 Å². The molecule has 0 fully saturated rings. The Morgan fingerprint density at radius 3 is 2.74 bits per heavy atom. The molecule has 1 aliphatic rings. The van der Waals surface area contributed by atoms with Gasteiger partial charge in [-0.2, -0.15) is 0 Å². The average molecular weight is 351 g/mol. The van der Waals surface area contributed by atoms with Gasteiger partial charge in [0.05, 0.1) is 28.9 Å². The van der Waals surface area contributed by atoms with Crippen LogP contribution in [0.4, 0.5) is 10.1 Å². The summed E-state index contributed by atoms with van der Waals surface area (Å²) in [5.74, 6) is -1.46. The number of Topliss-reactive ketones (excluding diaryl/α,β-unsaturated/α-hetero) is 1. The summed E-state index contributed by atoms with van der Waals surface area (Å²) < 4.78 is 18.8. The molecule has 1 aliphatic heterocycles. The number of fused-ring (bicyclic) bond motifs is 1. The number of ketones is 1. The van der Waals surface area contributed by atoms with Crippen molar-refractivity contribution in [3.63, 3.8) is 0 Å². The van der Waals surface area contributed by atoms with Crippen molar-refractivity contribution in [1.29, 1.82) is 0 Å². The number of hydrogen-bond acceptors (Lipinski definition) is 3. The van der Waals surface area contributed by atoms with E-state index in [1.54, 1.807) is 0 Å². The highest BCUT2D eigenvalue weighted by Gasteiger charge is 2.36. The van der Waals surface area contributed by atoms with Crippen LogP contribution >= 0.6 is 27.5 Å². The van der Waals surface area contributed by atoms with Crippen molar-refractivity contribution in [2.75, 3.05) is 30.5 Å². The Bertz CT molecular complexity index is 538. The predicted molar refractivity (Wildman–Crippen MR) is 72.3 cm³/mol. The maximum absolute atomic E-state index is 13.5. The quantitative estimate of drug-likeness (QED) is 0.465. The van der Waals surface area contributed by atoms with Crippen molar-refractivity contribution < 1.29 is 18.7 Å². The molecule has 0 atom stereocenters. The van der Waals surface area contributed by atoms with Crippen molar-refractivity contribution in [2.24, 2.45) is 0 Å². The van der Waals surface area contributed by atoms with E-state index in [1.165, 1.54) is 17.0 Å². The second-order valence-corrected chi connectivity index (χ2v) is 5.10. The molecule has 0 bridgehead atoms.